The monoisotopic (exact) mass is 305 g/mol. The summed E-state index contributed by atoms with van der Waals surface area (Å²) in [5.41, 5.74) is 1.15. The molecule has 22 heavy (non-hydrogen) atoms. The van der Waals surface area contributed by atoms with E-state index in [-0.39, 0.29) is 12.1 Å². The van der Waals surface area contributed by atoms with E-state index in [0.717, 1.165) is 38.3 Å². The zero-order valence-electron chi connectivity index (χ0n) is 13.5. The van der Waals surface area contributed by atoms with Crippen LogP contribution < -0.4 is 15.5 Å². The Labute approximate surface area is 133 Å². The summed E-state index contributed by atoms with van der Waals surface area (Å²) in [5, 5.41) is 5.97. The van der Waals surface area contributed by atoms with Crippen molar-refractivity contribution in [3.63, 3.8) is 0 Å². The number of rotatable bonds is 6. The molecule has 1 aliphatic heterocycles. The molecule has 1 aromatic carbocycles. The van der Waals surface area contributed by atoms with Crippen molar-refractivity contribution in [3.05, 3.63) is 30.3 Å². The molecule has 1 aliphatic rings. The minimum atomic E-state index is -0.0829. The summed E-state index contributed by atoms with van der Waals surface area (Å²) in [6.07, 6.45) is 2.05. The minimum Gasteiger partial charge on any atom is -0.381 e. The van der Waals surface area contributed by atoms with Crippen molar-refractivity contribution in [3.8, 4) is 0 Å². The van der Waals surface area contributed by atoms with Gasteiger partial charge in [-0.25, -0.2) is 4.79 Å². The van der Waals surface area contributed by atoms with Crippen molar-refractivity contribution in [2.24, 2.45) is 5.92 Å². The smallest absolute Gasteiger partial charge is 0.315 e. The van der Waals surface area contributed by atoms with E-state index in [9.17, 15) is 4.79 Å². The predicted octanol–water partition coefficient (Wildman–Crippen LogP) is 2.24. The quantitative estimate of drug-likeness (QED) is 0.847. The van der Waals surface area contributed by atoms with Crippen molar-refractivity contribution >= 4 is 11.7 Å². The molecule has 2 rings (SSSR count). The fourth-order valence-electron chi connectivity index (χ4n) is 2.74. The Balaban J connectivity index is 1.65. The Bertz CT molecular complexity index is 446. The first-order chi connectivity index (χ1) is 10.7. The first-order valence-electron chi connectivity index (χ1n) is 8.05. The molecule has 1 aromatic rings. The van der Waals surface area contributed by atoms with Crippen LogP contribution in [0, 0.1) is 5.92 Å². The van der Waals surface area contributed by atoms with Crippen molar-refractivity contribution in [2.45, 2.75) is 25.8 Å². The van der Waals surface area contributed by atoms with Crippen molar-refractivity contribution in [1.29, 1.82) is 0 Å². The van der Waals surface area contributed by atoms with Gasteiger partial charge in [0.05, 0.1) is 0 Å². The van der Waals surface area contributed by atoms with Crippen LogP contribution in [0.2, 0.25) is 0 Å². The van der Waals surface area contributed by atoms with Crippen molar-refractivity contribution in [2.75, 3.05) is 38.3 Å². The lowest BCUT2D eigenvalue weighted by molar-refractivity contribution is 0.0571. The molecular formula is C17H27N3O2. The molecule has 0 aliphatic carbocycles. The lowest BCUT2D eigenvalue weighted by atomic mass is 9.93. The maximum atomic E-state index is 11.9. The molecule has 2 amide bonds. The van der Waals surface area contributed by atoms with Gasteiger partial charge in [-0.1, -0.05) is 18.2 Å². The highest BCUT2D eigenvalue weighted by Gasteiger charge is 2.21. The summed E-state index contributed by atoms with van der Waals surface area (Å²) in [6, 6.07) is 10.3. The predicted molar refractivity (Wildman–Crippen MR) is 89.3 cm³/mol. The number of urea groups is 1. The van der Waals surface area contributed by atoms with E-state index in [1.807, 2.05) is 25.2 Å². The molecule has 122 valence electrons. The van der Waals surface area contributed by atoms with Crippen LogP contribution in [0.5, 0.6) is 0 Å². The number of carbonyl (C=O) groups is 1. The van der Waals surface area contributed by atoms with Crippen LogP contribution in [0.4, 0.5) is 10.5 Å². The summed E-state index contributed by atoms with van der Waals surface area (Å²) in [4.78, 5) is 14.1. The van der Waals surface area contributed by atoms with Crippen LogP contribution in [0.3, 0.4) is 0 Å². The Morgan fingerprint density at radius 2 is 2.00 bits per heavy atom. The standard InChI is InChI=1S/C17H27N3O2/c1-14(15-8-12-22-13-9-15)19-17(21)18-10-11-20(2)16-6-4-3-5-7-16/h3-7,14-15H,8-13H2,1-2H3,(H2,18,19,21)/t14-/m0/s1. The molecule has 2 N–H and O–H groups in total. The lowest BCUT2D eigenvalue weighted by Crippen LogP contribution is -2.46. The highest BCUT2D eigenvalue weighted by Crippen LogP contribution is 2.18. The molecule has 5 heteroatoms. The number of anilines is 1. The summed E-state index contributed by atoms with van der Waals surface area (Å²) in [5.74, 6) is 0.520. The summed E-state index contributed by atoms with van der Waals surface area (Å²) < 4.78 is 5.35. The number of nitrogens with zero attached hydrogens (tertiary/aromatic N) is 1. The second kappa shape index (κ2) is 8.63. The molecule has 0 unspecified atom stereocenters. The van der Waals surface area contributed by atoms with Gasteiger partial charge >= 0.3 is 6.03 Å². The first-order valence-corrected chi connectivity index (χ1v) is 8.05. The largest absolute Gasteiger partial charge is 0.381 e. The second-order valence-corrected chi connectivity index (χ2v) is 5.90. The van der Waals surface area contributed by atoms with E-state index >= 15 is 0 Å². The molecule has 5 nitrogen and oxygen atoms in total. The highest BCUT2D eigenvalue weighted by molar-refractivity contribution is 5.74. The first kappa shape index (κ1) is 16.6. The van der Waals surface area contributed by atoms with E-state index < -0.39 is 0 Å². The van der Waals surface area contributed by atoms with Crippen LogP contribution >= 0.6 is 0 Å². The van der Waals surface area contributed by atoms with Crippen molar-refractivity contribution < 1.29 is 9.53 Å². The average molecular weight is 305 g/mol. The molecule has 1 fully saturated rings. The minimum absolute atomic E-state index is 0.0829. The SMILES string of the molecule is C[C@H](NC(=O)NCCN(C)c1ccccc1)C1CCOCC1. The van der Waals surface area contributed by atoms with Crippen LogP contribution in [0.1, 0.15) is 19.8 Å². The zero-order chi connectivity index (χ0) is 15.8. The maximum absolute atomic E-state index is 11.9. The van der Waals surface area contributed by atoms with Gasteiger partial charge in [0.15, 0.2) is 0 Å². The van der Waals surface area contributed by atoms with Gasteiger partial charge in [-0.05, 0) is 37.8 Å². The highest BCUT2D eigenvalue weighted by atomic mass is 16.5. The number of amides is 2. The van der Waals surface area contributed by atoms with Gasteiger partial charge in [0.1, 0.15) is 0 Å². The third kappa shape index (κ3) is 5.22. The summed E-state index contributed by atoms with van der Waals surface area (Å²) >= 11 is 0. The van der Waals surface area contributed by atoms with Crippen molar-refractivity contribution in [1.82, 2.24) is 10.6 Å². The normalized spacial score (nSPS) is 16.8. The molecular weight excluding hydrogens is 278 g/mol. The van der Waals surface area contributed by atoms with Gasteiger partial charge in [-0.2, -0.15) is 0 Å². The number of benzene rings is 1. The van der Waals surface area contributed by atoms with Crippen LogP contribution in [0.25, 0.3) is 0 Å². The fourth-order valence-corrected chi connectivity index (χ4v) is 2.74. The van der Waals surface area contributed by atoms with Gasteiger partial charge in [0, 0.05) is 45.1 Å². The van der Waals surface area contributed by atoms with Gasteiger partial charge in [0.2, 0.25) is 0 Å². The number of carbonyl (C=O) groups excluding carboxylic acids is 1. The van der Waals surface area contributed by atoms with Gasteiger partial charge in [-0.15, -0.1) is 0 Å². The van der Waals surface area contributed by atoms with Crippen LogP contribution in [-0.2, 0) is 4.74 Å². The lowest BCUT2D eigenvalue weighted by Gasteiger charge is -2.28. The molecule has 0 aromatic heterocycles. The van der Waals surface area contributed by atoms with Gasteiger partial charge < -0.3 is 20.3 Å². The van der Waals surface area contributed by atoms with Crippen LogP contribution in [0.15, 0.2) is 30.3 Å². The van der Waals surface area contributed by atoms with E-state index in [1.165, 1.54) is 0 Å². The average Bonchev–Trinajstić information content (AvgIpc) is 2.56. The summed E-state index contributed by atoms with van der Waals surface area (Å²) in [6.45, 7) is 5.09. The Morgan fingerprint density at radius 3 is 2.68 bits per heavy atom. The second-order valence-electron chi connectivity index (χ2n) is 5.90. The molecule has 1 heterocycles. The van der Waals surface area contributed by atoms with Gasteiger partial charge in [-0.3, -0.25) is 0 Å². The van der Waals surface area contributed by atoms with E-state index in [1.54, 1.807) is 0 Å². The molecule has 0 bridgehead atoms. The van der Waals surface area contributed by atoms with E-state index in [2.05, 4.69) is 34.6 Å². The number of nitrogens with one attached hydrogen (secondary N) is 2. The number of hydrogen-bond acceptors (Lipinski definition) is 3. The zero-order valence-corrected chi connectivity index (χ0v) is 13.5. The Hall–Kier alpha value is -1.75. The van der Waals surface area contributed by atoms with Gasteiger partial charge in [0.25, 0.3) is 0 Å². The number of likely N-dealkylation sites (N-methyl/N-ethyl adjacent to an activating group) is 1. The molecule has 0 spiro atoms. The third-order valence-electron chi connectivity index (χ3n) is 4.26. The Kier molecular flexibility index (Phi) is 6.52. The third-order valence-corrected chi connectivity index (χ3v) is 4.26. The topological polar surface area (TPSA) is 53.6 Å². The Morgan fingerprint density at radius 1 is 1.32 bits per heavy atom. The molecule has 0 radical (unpaired) electrons. The fraction of sp³-hybridized carbons (Fsp3) is 0.588. The van der Waals surface area contributed by atoms with E-state index in [4.69, 9.17) is 4.74 Å². The summed E-state index contributed by atoms with van der Waals surface area (Å²) in [7, 11) is 2.03. The molecule has 1 atom stereocenters. The maximum Gasteiger partial charge on any atom is 0.315 e. The molecule has 0 saturated carbocycles. The number of hydrogen-bond donors (Lipinski definition) is 2. The van der Waals surface area contributed by atoms with E-state index in [0.29, 0.717) is 12.5 Å². The van der Waals surface area contributed by atoms with Crippen LogP contribution in [-0.4, -0.2) is 45.4 Å². The number of para-hydroxylation sites is 1. The molecule has 1 saturated heterocycles. The number of ether oxygens (including phenoxy) is 1.